The molecule has 0 aliphatic heterocycles. The minimum Gasteiger partial charge on any atom is -0.383 e. The van der Waals surface area contributed by atoms with E-state index in [1.54, 1.807) is 36.4 Å². The van der Waals surface area contributed by atoms with Gasteiger partial charge in [0.15, 0.2) is 11.6 Å². The van der Waals surface area contributed by atoms with E-state index in [0.29, 0.717) is 22.3 Å². The quantitative estimate of drug-likeness (QED) is 0.722. The maximum atomic E-state index is 12.6. The first-order chi connectivity index (χ1) is 10.1. The molecular weight excluding hydrogens is 262 g/mol. The lowest BCUT2D eigenvalue weighted by Gasteiger charge is -2.17. The fourth-order valence-electron chi connectivity index (χ4n) is 2.46. The van der Waals surface area contributed by atoms with Crippen molar-refractivity contribution in [1.29, 1.82) is 0 Å². The van der Waals surface area contributed by atoms with Gasteiger partial charge in [0.25, 0.3) is 0 Å². The van der Waals surface area contributed by atoms with Gasteiger partial charge in [-0.2, -0.15) is 0 Å². The van der Waals surface area contributed by atoms with Crippen molar-refractivity contribution in [2.75, 3.05) is 14.1 Å². The molecule has 0 fully saturated rings. The number of nitrogens with zero attached hydrogens (tertiary/aromatic N) is 1. The maximum absolute atomic E-state index is 12.6. The van der Waals surface area contributed by atoms with Crippen LogP contribution in [0.3, 0.4) is 0 Å². The zero-order valence-electron chi connectivity index (χ0n) is 12.0. The van der Waals surface area contributed by atoms with E-state index in [1.807, 2.05) is 37.3 Å². The van der Waals surface area contributed by atoms with Gasteiger partial charge in [-0.05, 0) is 30.0 Å². The molecule has 3 nitrogen and oxygen atoms in total. The lowest BCUT2D eigenvalue weighted by atomic mass is 9.83. The molecule has 0 amide bonds. The van der Waals surface area contributed by atoms with Crippen molar-refractivity contribution in [3.63, 3.8) is 0 Å². The zero-order chi connectivity index (χ0) is 15.0. The van der Waals surface area contributed by atoms with Crippen molar-refractivity contribution in [1.82, 2.24) is 4.90 Å². The van der Waals surface area contributed by atoms with Crippen molar-refractivity contribution in [3.05, 3.63) is 76.5 Å². The summed E-state index contributed by atoms with van der Waals surface area (Å²) < 4.78 is 0. The van der Waals surface area contributed by atoms with Crippen LogP contribution in [0.25, 0.3) is 6.08 Å². The molecule has 104 valence electrons. The van der Waals surface area contributed by atoms with Crippen molar-refractivity contribution < 1.29 is 9.59 Å². The maximum Gasteiger partial charge on any atom is 0.194 e. The van der Waals surface area contributed by atoms with Crippen LogP contribution in [0, 0.1) is 0 Å². The number of benzene rings is 2. The van der Waals surface area contributed by atoms with Crippen LogP contribution in [0.4, 0.5) is 0 Å². The molecule has 0 N–H and O–H groups in total. The highest BCUT2D eigenvalue weighted by atomic mass is 16.1. The first-order valence-corrected chi connectivity index (χ1v) is 6.75. The van der Waals surface area contributed by atoms with Gasteiger partial charge in [0, 0.05) is 36.3 Å². The van der Waals surface area contributed by atoms with Gasteiger partial charge in [0.05, 0.1) is 0 Å². The molecule has 0 saturated carbocycles. The van der Waals surface area contributed by atoms with Crippen molar-refractivity contribution >= 4 is 17.6 Å². The predicted octanol–water partition coefficient (Wildman–Crippen LogP) is 2.99. The fraction of sp³-hybridized carbons (Fsp3) is 0.111. The van der Waals surface area contributed by atoms with Gasteiger partial charge < -0.3 is 4.90 Å². The Labute approximate surface area is 123 Å². The lowest BCUT2D eigenvalue weighted by molar-refractivity contribution is 0.0979. The third kappa shape index (κ3) is 2.27. The van der Waals surface area contributed by atoms with Crippen LogP contribution in [0.15, 0.2) is 48.7 Å². The Kier molecular flexibility index (Phi) is 3.18. The Morgan fingerprint density at radius 1 is 0.810 bits per heavy atom. The molecule has 1 aliphatic carbocycles. The molecule has 1 aliphatic rings. The highest BCUT2D eigenvalue weighted by molar-refractivity contribution is 6.28. The average molecular weight is 277 g/mol. The van der Waals surface area contributed by atoms with Gasteiger partial charge in [-0.1, -0.05) is 30.3 Å². The molecule has 0 aromatic heterocycles. The predicted molar refractivity (Wildman–Crippen MR) is 82.5 cm³/mol. The summed E-state index contributed by atoms with van der Waals surface area (Å²) in [6, 6.07) is 12.4. The number of rotatable bonds is 2. The van der Waals surface area contributed by atoms with Gasteiger partial charge in [0.1, 0.15) is 0 Å². The largest absolute Gasteiger partial charge is 0.383 e. The molecule has 21 heavy (non-hydrogen) atoms. The van der Waals surface area contributed by atoms with Crippen molar-refractivity contribution in [2.24, 2.45) is 0 Å². The summed E-state index contributed by atoms with van der Waals surface area (Å²) in [6.45, 7) is 0. The third-order valence-electron chi connectivity index (χ3n) is 3.51. The second kappa shape index (κ2) is 5.02. The number of carbonyl (C=O) groups excluding carboxylic acids is 2. The van der Waals surface area contributed by atoms with Gasteiger partial charge in [-0.3, -0.25) is 9.59 Å². The first kappa shape index (κ1) is 13.3. The Bertz CT molecular complexity index is 773. The van der Waals surface area contributed by atoms with Crippen molar-refractivity contribution in [3.8, 4) is 0 Å². The topological polar surface area (TPSA) is 37.4 Å². The molecule has 0 saturated heterocycles. The fourth-order valence-corrected chi connectivity index (χ4v) is 2.46. The third-order valence-corrected chi connectivity index (χ3v) is 3.51. The van der Waals surface area contributed by atoms with E-state index in [9.17, 15) is 9.59 Å². The number of hydrogen-bond donors (Lipinski definition) is 0. The number of carbonyl (C=O) groups is 2. The van der Waals surface area contributed by atoms with E-state index in [-0.39, 0.29) is 11.6 Å². The summed E-state index contributed by atoms with van der Waals surface area (Å²) >= 11 is 0. The Balaban J connectivity index is 2.11. The average Bonchev–Trinajstić information content (AvgIpc) is 2.50. The highest BCUT2D eigenvalue weighted by Gasteiger charge is 2.28. The summed E-state index contributed by atoms with van der Waals surface area (Å²) in [5.41, 5.74) is 2.86. The van der Waals surface area contributed by atoms with E-state index in [0.717, 1.165) is 5.56 Å². The minimum absolute atomic E-state index is 0.0802. The van der Waals surface area contributed by atoms with Crippen LogP contribution in [0.5, 0.6) is 0 Å². The molecule has 2 aromatic carbocycles. The molecule has 0 radical (unpaired) electrons. The van der Waals surface area contributed by atoms with Crippen LogP contribution >= 0.6 is 0 Å². The number of hydrogen-bond acceptors (Lipinski definition) is 3. The second-order valence-corrected chi connectivity index (χ2v) is 5.29. The summed E-state index contributed by atoms with van der Waals surface area (Å²) in [6.07, 6.45) is 3.82. The first-order valence-electron chi connectivity index (χ1n) is 6.75. The van der Waals surface area contributed by atoms with Crippen LogP contribution in [0.1, 0.15) is 37.4 Å². The van der Waals surface area contributed by atoms with E-state index < -0.39 is 0 Å². The SMILES string of the molecule is CN(C)/C=C/c1ccc2c(c1)C(=O)c1ccccc1C2=O. The minimum atomic E-state index is -0.0831. The number of fused-ring (bicyclic) bond motifs is 2. The smallest absolute Gasteiger partial charge is 0.194 e. The van der Waals surface area contributed by atoms with Crippen LogP contribution in [-0.2, 0) is 0 Å². The molecule has 2 aromatic rings. The monoisotopic (exact) mass is 277 g/mol. The molecular formula is C18H15NO2. The summed E-state index contributed by atoms with van der Waals surface area (Å²) in [4.78, 5) is 26.9. The van der Waals surface area contributed by atoms with Crippen molar-refractivity contribution in [2.45, 2.75) is 0 Å². The Morgan fingerprint density at radius 3 is 2.00 bits per heavy atom. The molecule has 3 heteroatoms. The van der Waals surface area contributed by atoms with Gasteiger partial charge >= 0.3 is 0 Å². The van der Waals surface area contributed by atoms with Crippen LogP contribution in [0.2, 0.25) is 0 Å². The Hall–Kier alpha value is -2.68. The number of ketones is 2. The molecule has 3 rings (SSSR count). The van der Waals surface area contributed by atoms with E-state index in [1.165, 1.54) is 0 Å². The normalized spacial score (nSPS) is 13.2. The second-order valence-electron chi connectivity index (χ2n) is 5.29. The summed E-state index contributed by atoms with van der Waals surface area (Å²) in [5, 5.41) is 0. The molecule has 0 bridgehead atoms. The zero-order valence-corrected chi connectivity index (χ0v) is 12.0. The molecule has 0 unspecified atom stereocenters. The standard InChI is InChI=1S/C18H15NO2/c1-19(2)10-9-12-7-8-15-16(11-12)18(21)14-6-4-3-5-13(14)17(15)20/h3-11H,1-2H3/b10-9+. The van der Waals surface area contributed by atoms with E-state index in [2.05, 4.69) is 0 Å². The summed E-state index contributed by atoms with van der Waals surface area (Å²) in [5.74, 6) is -0.163. The Morgan fingerprint density at radius 2 is 1.38 bits per heavy atom. The van der Waals surface area contributed by atoms with Gasteiger partial charge in [-0.15, -0.1) is 0 Å². The van der Waals surface area contributed by atoms with E-state index in [4.69, 9.17) is 0 Å². The van der Waals surface area contributed by atoms with Crippen LogP contribution in [-0.4, -0.2) is 30.6 Å². The van der Waals surface area contributed by atoms with Crippen LogP contribution < -0.4 is 0 Å². The highest BCUT2D eigenvalue weighted by Crippen LogP contribution is 2.28. The summed E-state index contributed by atoms with van der Waals surface area (Å²) in [7, 11) is 3.86. The molecule has 0 spiro atoms. The van der Waals surface area contributed by atoms with E-state index >= 15 is 0 Å². The molecule has 0 atom stereocenters. The van der Waals surface area contributed by atoms with Gasteiger partial charge in [0.2, 0.25) is 0 Å². The van der Waals surface area contributed by atoms with Gasteiger partial charge in [-0.25, -0.2) is 0 Å². The molecule has 0 heterocycles. The lowest BCUT2D eigenvalue weighted by Crippen LogP contribution is -2.20.